The Hall–Kier alpha value is -2.28. The molecular weight excluding hydrogens is 250 g/mol. The van der Waals surface area contributed by atoms with E-state index in [1.54, 1.807) is 12.1 Å². The molecule has 1 fully saturated rings. The summed E-state index contributed by atoms with van der Waals surface area (Å²) in [7, 11) is 0. The van der Waals surface area contributed by atoms with Crippen LogP contribution in [0.2, 0.25) is 0 Å². The third kappa shape index (κ3) is 3.35. The van der Waals surface area contributed by atoms with E-state index >= 15 is 0 Å². The van der Waals surface area contributed by atoms with Crippen LogP contribution >= 0.6 is 0 Å². The van der Waals surface area contributed by atoms with Crippen molar-refractivity contribution in [1.82, 2.24) is 15.6 Å². The van der Waals surface area contributed by atoms with Gasteiger partial charge in [0.05, 0.1) is 11.7 Å². The summed E-state index contributed by atoms with van der Waals surface area (Å²) in [4.78, 5) is 37.2. The van der Waals surface area contributed by atoms with Crippen LogP contribution in [0, 0.1) is 0 Å². The maximum absolute atomic E-state index is 11.5. The van der Waals surface area contributed by atoms with Crippen LogP contribution in [0.3, 0.4) is 0 Å². The predicted octanol–water partition coefficient (Wildman–Crippen LogP) is -0.325. The number of pyridine rings is 1. The number of carbonyl (C=O) groups excluding carboxylic acids is 2. The fourth-order valence-corrected chi connectivity index (χ4v) is 1.81. The minimum absolute atomic E-state index is 0.0393. The van der Waals surface area contributed by atoms with Crippen molar-refractivity contribution in [3.63, 3.8) is 0 Å². The summed E-state index contributed by atoms with van der Waals surface area (Å²) in [6.45, 7) is 0.271. The zero-order chi connectivity index (χ0) is 13.8. The average molecular weight is 263 g/mol. The van der Waals surface area contributed by atoms with Gasteiger partial charge in [-0.15, -0.1) is 0 Å². The van der Waals surface area contributed by atoms with E-state index < -0.39 is 12.0 Å². The van der Waals surface area contributed by atoms with Crippen LogP contribution in [0.5, 0.6) is 0 Å². The lowest BCUT2D eigenvalue weighted by molar-refractivity contribution is -0.134. The minimum atomic E-state index is -1.09. The van der Waals surface area contributed by atoms with E-state index in [-0.39, 0.29) is 24.1 Å². The molecular formula is C12H13N3O4. The van der Waals surface area contributed by atoms with Gasteiger partial charge in [0, 0.05) is 13.0 Å². The number of nitrogens with zero attached hydrogens (tertiary/aromatic N) is 1. The number of piperidine rings is 1. The van der Waals surface area contributed by atoms with Crippen molar-refractivity contribution in [2.24, 2.45) is 0 Å². The van der Waals surface area contributed by atoms with E-state index in [0.717, 1.165) is 0 Å². The molecule has 19 heavy (non-hydrogen) atoms. The van der Waals surface area contributed by atoms with Crippen molar-refractivity contribution >= 4 is 17.8 Å². The lowest BCUT2D eigenvalue weighted by atomic mass is 10.1. The number of carbonyl (C=O) groups is 3. The molecule has 1 aliphatic heterocycles. The van der Waals surface area contributed by atoms with Gasteiger partial charge >= 0.3 is 5.97 Å². The van der Waals surface area contributed by atoms with Crippen molar-refractivity contribution < 1.29 is 19.5 Å². The van der Waals surface area contributed by atoms with Gasteiger partial charge < -0.3 is 10.4 Å². The quantitative estimate of drug-likeness (QED) is 0.642. The van der Waals surface area contributed by atoms with E-state index in [2.05, 4.69) is 15.6 Å². The first-order valence-electron chi connectivity index (χ1n) is 5.82. The molecule has 7 heteroatoms. The number of imide groups is 1. The fourth-order valence-electron chi connectivity index (χ4n) is 1.81. The summed E-state index contributed by atoms with van der Waals surface area (Å²) < 4.78 is 0. The Balaban J connectivity index is 1.95. The zero-order valence-corrected chi connectivity index (χ0v) is 10.0. The largest absolute Gasteiger partial charge is 0.477 e. The summed E-state index contributed by atoms with van der Waals surface area (Å²) in [5.41, 5.74) is 0.493. The van der Waals surface area contributed by atoms with Crippen LogP contribution in [-0.4, -0.2) is 33.9 Å². The first kappa shape index (κ1) is 13.2. The molecule has 0 radical (unpaired) electrons. The molecule has 0 aliphatic carbocycles. The first-order valence-corrected chi connectivity index (χ1v) is 5.82. The van der Waals surface area contributed by atoms with Gasteiger partial charge in [-0.1, -0.05) is 6.07 Å². The number of carboxylic acids is 1. The summed E-state index contributed by atoms with van der Waals surface area (Å²) in [5.74, 6) is -1.72. The number of amides is 2. The van der Waals surface area contributed by atoms with Gasteiger partial charge in [0.15, 0.2) is 0 Å². The molecule has 100 valence electrons. The highest BCUT2D eigenvalue weighted by Gasteiger charge is 2.25. The molecule has 2 rings (SSSR count). The molecule has 0 saturated carbocycles. The third-order valence-corrected chi connectivity index (χ3v) is 2.79. The average Bonchev–Trinajstić information content (AvgIpc) is 2.38. The Kier molecular flexibility index (Phi) is 3.86. The van der Waals surface area contributed by atoms with Gasteiger partial charge in [-0.05, 0) is 18.6 Å². The van der Waals surface area contributed by atoms with Crippen LogP contribution in [0.25, 0.3) is 0 Å². The SMILES string of the molecule is O=C1CCC(NCc2cccc(C(=O)O)n2)C(=O)N1. The topological polar surface area (TPSA) is 108 Å². The van der Waals surface area contributed by atoms with Crippen LogP contribution < -0.4 is 10.6 Å². The monoisotopic (exact) mass is 263 g/mol. The summed E-state index contributed by atoms with van der Waals surface area (Å²) in [6, 6.07) is 4.22. The Bertz CT molecular complexity index is 529. The van der Waals surface area contributed by atoms with E-state index in [9.17, 15) is 14.4 Å². The highest BCUT2D eigenvalue weighted by molar-refractivity contribution is 6.00. The molecule has 1 atom stereocenters. The van der Waals surface area contributed by atoms with E-state index in [4.69, 9.17) is 5.11 Å². The van der Waals surface area contributed by atoms with Gasteiger partial charge in [0.2, 0.25) is 11.8 Å². The lowest BCUT2D eigenvalue weighted by Crippen LogP contribution is -2.50. The number of rotatable bonds is 4. The van der Waals surface area contributed by atoms with Crippen molar-refractivity contribution in [3.05, 3.63) is 29.6 Å². The zero-order valence-electron chi connectivity index (χ0n) is 10.0. The Morgan fingerprint density at radius 1 is 1.47 bits per heavy atom. The highest BCUT2D eigenvalue weighted by atomic mass is 16.4. The van der Waals surface area contributed by atoms with Crippen LogP contribution in [0.4, 0.5) is 0 Å². The maximum atomic E-state index is 11.5. The fraction of sp³-hybridized carbons (Fsp3) is 0.333. The molecule has 0 aromatic carbocycles. The Morgan fingerprint density at radius 3 is 2.95 bits per heavy atom. The van der Waals surface area contributed by atoms with Gasteiger partial charge in [-0.2, -0.15) is 0 Å². The standard InChI is InChI=1S/C12H13N3O4/c16-10-5-4-8(11(17)15-10)13-6-7-2-1-3-9(14-7)12(18)19/h1-3,8,13H,4-6H2,(H,18,19)(H,15,16,17). The Morgan fingerprint density at radius 2 is 2.26 bits per heavy atom. The molecule has 0 spiro atoms. The summed E-state index contributed by atoms with van der Waals surface area (Å²) in [5, 5.41) is 14.0. The number of nitrogens with one attached hydrogen (secondary N) is 2. The lowest BCUT2D eigenvalue weighted by Gasteiger charge is -2.21. The normalized spacial score (nSPS) is 19.1. The molecule has 2 heterocycles. The second-order valence-corrected chi connectivity index (χ2v) is 4.20. The maximum Gasteiger partial charge on any atom is 0.354 e. The number of hydrogen-bond donors (Lipinski definition) is 3. The summed E-state index contributed by atoms with van der Waals surface area (Å²) >= 11 is 0. The smallest absolute Gasteiger partial charge is 0.354 e. The van der Waals surface area contributed by atoms with Crippen molar-refractivity contribution in [2.75, 3.05) is 0 Å². The molecule has 1 aromatic rings. The molecule has 1 saturated heterocycles. The van der Waals surface area contributed by atoms with Crippen molar-refractivity contribution in [3.8, 4) is 0 Å². The minimum Gasteiger partial charge on any atom is -0.477 e. The second kappa shape index (κ2) is 5.57. The van der Waals surface area contributed by atoms with E-state index in [1.165, 1.54) is 6.07 Å². The van der Waals surface area contributed by atoms with E-state index in [0.29, 0.717) is 18.5 Å². The molecule has 2 amide bonds. The second-order valence-electron chi connectivity index (χ2n) is 4.20. The number of aromatic carboxylic acids is 1. The van der Waals surface area contributed by atoms with Crippen LogP contribution in [0.1, 0.15) is 29.0 Å². The first-order chi connectivity index (χ1) is 9.06. The number of carboxylic acid groups (broad SMARTS) is 1. The van der Waals surface area contributed by atoms with Gasteiger partial charge in [0.1, 0.15) is 5.69 Å². The molecule has 7 nitrogen and oxygen atoms in total. The van der Waals surface area contributed by atoms with Gasteiger partial charge in [0.25, 0.3) is 0 Å². The summed E-state index contributed by atoms with van der Waals surface area (Å²) in [6.07, 6.45) is 0.731. The molecule has 1 aromatic heterocycles. The predicted molar refractivity (Wildman–Crippen MR) is 64.2 cm³/mol. The van der Waals surface area contributed by atoms with Gasteiger partial charge in [-0.3, -0.25) is 14.9 Å². The van der Waals surface area contributed by atoms with Gasteiger partial charge in [-0.25, -0.2) is 9.78 Å². The van der Waals surface area contributed by atoms with Crippen molar-refractivity contribution in [1.29, 1.82) is 0 Å². The Labute approximate surface area is 109 Å². The molecule has 3 N–H and O–H groups in total. The van der Waals surface area contributed by atoms with Crippen molar-refractivity contribution in [2.45, 2.75) is 25.4 Å². The van der Waals surface area contributed by atoms with Crippen LogP contribution in [-0.2, 0) is 16.1 Å². The molecule has 1 aliphatic rings. The van der Waals surface area contributed by atoms with Crippen LogP contribution in [0.15, 0.2) is 18.2 Å². The van der Waals surface area contributed by atoms with E-state index in [1.807, 2.05) is 0 Å². The molecule has 0 bridgehead atoms. The molecule has 1 unspecified atom stereocenters. The number of hydrogen-bond acceptors (Lipinski definition) is 5. The number of aromatic nitrogens is 1. The highest BCUT2D eigenvalue weighted by Crippen LogP contribution is 2.06. The third-order valence-electron chi connectivity index (χ3n) is 2.79.